The van der Waals surface area contributed by atoms with Gasteiger partial charge in [0.25, 0.3) is 5.91 Å². The van der Waals surface area contributed by atoms with E-state index in [4.69, 9.17) is 4.74 Å². The Hall–Kier alpha value is -2.37. The maximum atomic E-state index is 12.5. The van der Waals surface area contributed by atoms with Crippen molar-refractivity contribution in [3.05, 3.63) is 35.4 Å². The summed E-state index contributed by atoms with van der Waals surface area (Å²) in [5.41, 5.74) is 1.53. The maximum Gasteiger partial charge on any atom is 0.328 e. The number of ether oxygens (including phenoxy) is 2. The lowest BCUT2D eigenvalue weighted by Crippen LogP contribution is -2.46. The van der Waals surface area contributed by atoms with Crippen LogP contribution in [0.3, 0.4) is 0 Å². The van der Waals surface area contributed by atoms with E-state index in [1.807, 2.05) is 12.1 Å². The Morgan fingerprint density at radius 3 is 2.04 bits per heavy atom. The van der Waals surface area contributed by atoms with E-state index in [1.54, 1.807) is 19.1 Å². The fourth-order valence-electron chi connectivity index (χ4n) is 2.37. The Bertz CT molecular complexity index is 616. The van der Waals surface area contributed by atoms with Crippen LogP contribution in [0.15, 0.2) is 24.3 Å². The number of benzene rings is 1. The van der Waals surface area contributed by atoms with E-state index < -0.39 is 29.8 Å². The summed E-state index contributed by atoms with van der Waals surface area (Å²) in [6.45, 7) is 7.94. The Labute approximate surface area is 148 Å². The van der Waals surface area contributed by atoms with Crippen LogP contribution in [0, 0.1) is 5.92 Å². The highest BCUT2D eigenvalue weighted by molar-refractivity contribution is 5.97. The highest BCUT2D eigenvalue weighted by atomic mass is 16.5. The summed E-state index contributed by atoms with van der Waals surface area (Å²) in [5.74, 6) is -1.91. The van der Waals surface area contributed by atoms with Crippen LogP contribution in [0.4, 0.5) is 0 Å². The van der Waals surface area contributed by atoms with Crippen molar-refractivity contribution in [1.29, 1.82) is 0 Å². The Kier molecular flexibility index (Phi) is 7.15. The number of hydrogen-bond acceptors (Lipinski definition) is 5. The number of esters is 2. The SMILES string of the molecule is COC(=O)C[C@@H](C)[C@H](NC(=O)c1ccc(C(C)(C)C)cc1)C(=O)OC. The zero-order valence-electron chi connectivity index (χ0n) is 15.7. The molecule has 0 bridgehead atoms. The molecule has 0 saturated carbocycles. The van der Waals surface area contributed by atoms with Crippen LogP contribution in [-0.2, 0) is 24.5 Å². The highest BCUT2D eigenvalue weighted by Crippen LogP contribution is 2.22. The first kappa shape index (κ1) is 20.7. The molecule has 138 valence electrons. The van der Waals surface area contributed by atoms with E-state index in [0.29, 0.717) is 5.56 Å². The molecular formula is C19H27NO5. The summed E-state index contributed by atoms with van der Waals surface area (Å²) in [6, 6.07) is 6.28. The lowest BCUT2D eigenvalue weighted by Gasteiger charge is -2.23. The molecule has 0 saturated heterocycles. The topological polar surface area (TPSA) is 81.7 Å². The van der Waals surface area contributed by atoms with Crippen molar-refractivity contribution in [2.24, 2.45) is 5.92 Å². The second-order valence-electron chi connectivity index (χ2n) is 7.06. The lowest BCUT2D eigenvalue weighted by molar-refractivity contribution is -0.146. The van der Waals surface area contributed by atoms with Gasteiger partial charge in [-0.15, -0.1) is 0 Å². The quantitative estimate of drug-likeness (QED) is 0.798. The third kappa shape index (κ3) is 5.89. The van der Waals surface area contributed by atoms with Gasteiger partial charge >= 0.3 is 11.9 Å². The second-order valence-corrected chi connectivity index (χ2v) is 7.06. The molecule has 0 aliphatic heterocycles. The van der Waals surface area contributed by atoms with Gasteiger partial charge in [0.1, 0.15) is 6.04 Å². The van der Waals surface area contributed by atoms with Crippen LogP contribution in [0.1, 0.15) is 50.0 Å². The van der Waals surface area contributed by atoms with Crippen LogP contribution < -0.4 is 5.32 Å². The highest BCUT2D eigenvalue weighted by Gasteiger charge is 2.30. The largest absolute Gasteiger partial charge is 0.469 e. The average molecular weight is 349 g/mol. The number of methoxy groups -OCH3 is 2. The molecule has 25 heavy (non-hydrogen) atoms. The molecule has 1 rings (SSSR count). The Balaban J connectivity index is 2.91. The van der Waals surface area contributed by atoms with Gasteiger partial charge in [0.2, 0.25) is 0 Å². The first-order chi connectivity index (χ1) is 11.6. The second kappa shape index (κ2) is 8.65. The third-order valence-electron chi connectivity index (χ3n) is 4.04. The molecule has 0 spiro atoms. The summed E-state index contributed by atoms with van der Waals surface area (Å²) >= 11 is 0. The van der Waals surface area contributed by atoms with E-state index in [1.165, 1.54) is 14.2 Å². The van der Waals surface area contributed by atoms with Crippen LogP contribution >= 0.6 is 0 Å². The standard InChI is InChI=1S/C19H27NO5/c1-12(11-15(21)24-5)16(18(23)25-6)20-17(22)13-7-9-14(10-8-13)19(2,3)4/h7-10,12,16H,11H2,1-6H3,(H,20,22)/t12-,16+/m1/s1. The molecule has 1 N–H and O–H groups in total. The molecule has 0 aliphatic rings. The molecule has 1 aromatic rings. The number of carbonyl (C=O) groups excluding carboxylic acids is 3. The fraction of sp³-hybridized carbons (Fsp3) is 0.526. The van der Waals surface area contributed by atoms with Crippen molar-refractivity contribution in [2.45, 2.75) is 45.6 Å². The normalized spacial score (nSPS) is 13.5. The minimum absolute atomic E-state index is 0.000487. The Morgan fingerprint density at radius 1 is 1.04 bits per heavy atom. The van der Waals surface area contributed by atoms with Crippen molar-refractivity contribution in [2.75, 3.05) is 14.2 Å². The minimum atomic E-state index is -0.932. The van der Waals surface area contributed by atoms with E-state index in [0.717, 1.165) is 5.56 Å². The van der Waals surface area contributed by atoms with Gasteiger partial charge in [-0.25, -0.2) is 4.79 Å². The van der Waals surface area contributed by atoms with Gasteiger partial charge in [0, 0.05) is 5.56 Å². The number of nitrogens with one attached hydrogen (secondary N) is 1. The van der Waals surface area contributed by atoms with Crippen LogP contribution in [0.25, 0.3) is 0 Å². The summed E-state index contributed by atoms with van der Waals surface area (Å²) in [4.78, 5) is 35.9. The van der Waals surface area contributed by atoms with E-state index in [2.05, 4.69) is 30.8 Å². The molecule has 2 atom stereocenters. The molecule has 6 heteroatoms. The van der Waals surface area contributed by atoms with Gasteiger partial charge in [0.05, 0.1) is 20.6 Å². The molecule has 0 fully saturated rings. The molecule has 1 aromatic carbocycles. The third-order valence-corrected chi connectivity index (χ3v) is 4.04. The van der Waals surface area contributed by atoms with Crippen molar-refractivity contribution in [3.8, 4) is 0 Å². The van der Waals surface area contributed by atoms with Gasteiger partial charge in [-0.1, -0.05) is 39.8 Å². The van der Waals surface area contributed by atoms with E-state index >= 15 is 0 Å². The van der Waals surface area contributed by atoms with Crippen molar-refractivity contribution in [1.82, 2.24) is 5.32 Å². The van der Waals surface area contributed by atoms with Crippen LogP contribution in [-0.4, -0.2) is 38.1 Å². The van der Waals surface area contributed by atoms with Crippen molar-refractivity contribution >= 4 is 17.8 Å². The minimum Gasteiger partial charge on any atom is -0.469 e. The fourth-order valence-corrected chi connectivity index (χ4v) is 2.37. The zero-order chi connectivity index (χ0) is 19.2. The number of hydrogen-bond donors (Lipinski definition) is 1. The summed E-state index contributed by atoms with van der Waals surface area (Å²) in [6.07, 6.45) is -0.000487. The number of carbonyl (C=O) groups is 3. The monoisotopic (exact) mass is 349 g/mol. The molecule has 0 unspecified atom stereocenters. The van der Waals surface area contributed by atoms with Crippen molar-refractivity contribution < 1.29 is 23.9 Å². The first-order valence-corrected chi connectivity index (χ1v) is 8.16. The summed E-state index contributed by atoms with van der Waals surface area (Å²) in [7, 11) is 2.52. The zero-order valence-corrected chi connectivity index (χ0v) is 15.7. The smallest absolute Gasteiger partial charge is 0.328 e. The van der Waals surface area contributed by atoms with Gasteiger partial charge in [-0.05, 0) is 29.0 Å². The van der Waals surface area contributed by atoms with E-state index in [-0.39, 0.29) is 11.8 Å². The molecule has 0 heterocycles. The maximum absolute atomic E-state index is 12.5. The van der Waals surface area contributed by atoms with Gasteiger partial charge in [-0.2, -0.15) is 0 Å². The Morgan fingerprint density at radius 2 is 1.60 bits per heavy atom. The van der Waals surface area contributed by atoms with Gasteiger partial charge < -0.3 is 14.8 Å². The summed E-state index contributed by atoms with van der Waals surface area (Å²) < 4.78 is 9.36. The van der Waals surface area contributed by atoms with Gasteiger partial charge in [-0.3, -0.25) is 9.59 Å². The van der Waals surface area contributed by atoms with E-state index in [9.17, 15) is 14.4 Å². The predicted octanol–water partition coefficient (Wildman–Crippen LogP) is 2.45. The first-order valence-electron chi connectivity index (χ1n) is 8.16. The average Bonchev–Trinajstić information content (AvgIpc) is 2.57. The van der Waals surface area contributed by atoms with Crippen molar-refractivity contribution in [3.63, 3.8) is 0 Å². The molecule has 6 nitrogen and oxygen atoms in total. The molecular weight excluding hydrogens is 322 g/mol. The van der Waals surface area contributed by atoms with Crippen LogP contribution in [0.5, 0.6) is 0 Å². The lowest BCUT2D eigenvalue weighted by atomic mass is 9.86. The molecule has 0 radical (unpaired) electrons. The molecule has 0 aliphatic carbocycles. The van der Waals surface area contributed by atoms with Crippen LogP contribution in [0.2, 0.25) is 0 Å². The summed E-state index contributed by atoms with van der Waals surface area (Å²) in [5, 5.41) is 2.65. The predicted molar refractivity (Wildman–Crippen MR) is 94.2 cm³/mol. The number of amides is 1. The molecule has 0 aromatic heterocycles. The van der Waals surface area contributed by atoms with Gasteiger partial charge in [0.15, 0.2) is 0 Å². The number of rotatable bonds is 6. The molecule has 1 amide bonds.